The third-order valence-corrected chi connectivity index (χ3v) is 1.88. The Morgan fingerprint density at radius 3 is 1.82 bits per heavy atom. The predicted molar refractivity (Wildman–Crippen MR) is 63.4 cm³/mol. The number of hydrogen-bond donors (Lipinski definition) is 0. The lowest BCUT2D eigenvalue weighted by molar-refractivity contribution is 0.900. The molecular formula is C12H11N5. The highest BCUT2D eigenvalue weighted by atomic mass is 15.2. The molecule has 3 heterocycles. The molecule has 0 atom stereocenters. The minimum Gasteiger partial charge on any atom is -0.293 e. The molecule has 5 heteroatoms. The van der Waals surface area contributed by atoms with Crippen LogP contribution in [0.1, 0.15) is 0 Å². The van der Waals surface area contributed by atoms with E-state index >= 15 is 0 Å². The molecular weight excluding hydrogens is 214 g/mol. The first-order valence-electron chi connectivity index (χ1n) is 5.07. The van der Waals surface area contributed by atoms with Crippen LogP contribution in [0.5, 0.6) is 0 Å². The maximum absolute atomic E-state index is 3.96. The van der Waals surface area contributed by atoms with Crippen LogP contribution in [0.4, 0.5) is 0 Å². The summed E-state index contributed by atoms with van der Waals surface area (Å²) in [5.41, 5.74) is 0. The number of aromatic nitrogens is 5. The zero-order valence-electron chi connectivity index (χ0n) is 9.09. The van der Waals surface area contributed by atoms with Crippen molar-refractivity contribution in [3.8, 4) is 5.95 Å². The third-order valence-electron chi connectivity index (χ3n) is 1.88. The number of rotatable bonds is 1. The number of pyridine rings is 1. The van der Waals surface area contributed by atoms with Crippen LogP contribution in [0.15, 0.2) is 67.8 Å². The second-order valence-corrected chi connectivity index (χ2v) is 3.05. The standard InChI is InChI=1S/C7H6N4.C5H5N/c1-2-4-11(3-1)7-9-5-8-6-10-7;1-2-4-6-5-3-1/h1-6H;1-5H. The Hall–Kier alpha value is -2.56. The highest BCUT2D eigenvalue weighted by molar-refractivity contribution is 5.10. The number of nitrogens with zero attached hydrogens (tertiary/aromatic N) is 5. The second-order valence-electron chi connectivity index (χ2n) is 3.05. The van der Waals surface area contributed by atoms with Crippen molar-refractivity contribution < 1.29 is 0 Å². The van der Waals surface area contributed by atoms with Gasteiger partial charge in [0.1, 0.15) is 12.7 Å². The van der Waals surface area contributed by atoms with E-state index in [2.05, 4.69) is 19.9 Å². The molecule has 3 rings (SSSR count). The molecule has 0 saturated carbocycles. The molecule has 0 aliphatic heterocycles. The molecule has 84 valence electrons. The molecule has 17 heavy (non-hydrogen) atoms. The average molecular weight is 225 g/mol. The fraction of sp³-hybridized carbons (Fsp3) is 0. The van der Waals surface area contributed by atoms with Gasteiger partial charge >= 0.3 is 0 Å². The van der Waals surface area contributed by atoms with E-state index in [4.69, 9.17) is 0 Å². The topological polar surface area (TPSA) is 56.5 Å². The van der Waals surface area contributed by atoms with E-state index in [-0.39, 0.29) is 0 Å². The van der Waals surface area contributed by atoms with Crippen molar-refractivity contribution in [2.45, 2.75) is 0 Å². The van der Waals surface area contributed by atoms with Crippen LogP contribution in [0, 0.1) is 0 Å². The van der Waals surface area contributed by atoms with Crippen molar-refractivity contribution in [3.63, 3.8) is 0 Å². The minimum atomic E-state index is 0.644. The number of hydrogen-bond acceptors (Lipinski definition) is 4. The lowest BCUT2D eigenvalue weighted by atomic mass is 10.5. The summed E-state index contributed by atoms with van der Waals surface area (Å²) in [6, 6.07) is 9.56. The molecule has 0 radical (unpaired) electrons. The molecule has 3 aromatic rings. The van der Waals surface area contributed by atoms with Gasteiger partial charge in [0.2, 0.25) is 5.95 Å². The first kappa shape index (κ1) is 10.9. The van der Waals surface area contributed by atoms with Crippen LogP contribution in [0.25, 0.3) is 5.95 Å². The molecule has 0 aromatic carbocycles. The molecule has 0 aliphatic carbocycles. The highest BCUT2D eigenvalue weighted by Gasteiger charge is 1.93. The van der Waals surface area contributed by atoms with Gasteiger partial charge in [-0.3, -0.25) is 9.55 Å². The van der Waals surface area contributed by atoms with E-state index < -0.39 is 0 Å². The molecule has 5 nitrogen and oxygen atoms in total. The van der Waals surface area contributed by atoms with Crippen LogP contribution < -0.4 is 0 Å². The fourth-order valence-corrected chi connectivity index (χ4v) is 1.15. The van der Waals surface area contributed by atoms with Gasteiger partial charge in [-0.25, -0.2) is 15.0 Å². The van der Waals surface area contributed by atoms with Crippen molar-refractivity contribution in [1.29, 1.82) is 0 Å². The molecule has 3 aromatic heterocycles. The van der Waals surface area contributed by atoms with Crippen LogP contribution in [-0.2, 0) is 0 Å². The van der Waals surface area contributed by atoms with Gasteiger partial charge in [0, 0.05) is 24.8 Å². The van der Waals surface area contributed by atoms with Gasteiger partial charge in [-0.2, -0.15) is 0 Å². The Morgan fingerprint density at radius 2 is 1.35 bits per heavy atom. The lowest BCUT2D eigenvalue weighted by Crippen LogP contribution is -1.97. The first-order chi connectivity index (χ1) is 8.47. The van der Waals surface area contributed by atoms with Crippen LogP contribution in [0.2, 0.25) is 0 Å². The highest BCUT2D eigenvalue weighted by Crippen LogP contribution is 1.96. The zero-order chi connectivity index (χ0) is 11.8. The summed E-state index contributed by atoms with van der Waals surface area (Å²) in [5, 5.41) is 0. The van der Waals surface area contributed by atoms with E-state index in [0.717, 1.165) is 0 Å². The third kappa shape index (κ3) is 3.49. The molecule has 0 N–H and O–H groups in total. The van der Waals surface area contributed by atoms with Gasteiger partial charge in [-0.05, 0) is 24.3 Å². The van der Waals surface area contributed by atoms with Crippen molar-refractivity contribution in [1.82, 2.24) is 24.5 Å². The molecule has 0 unspecified atom stereocenters. The van der Waals surface area contributed by atoms with Crippen molar-refractivity contribution in [3.05, 3.63) is 67.8 Å². The molecule has 0 fully saturated rings. The summed E-state index contributed by atoms with van der Waals surface area (Å²) in [6.07, 6.45) is 10.2. The monoisotopic (exact) mass is 225 g/mol. The van der Waals surface area contributed by atoms with E-state index in [9.17, 15) is 0 Å². The molecule has 0 bridgehead atoms. The maximum Gasteiger partial charge on any atom is 0.236 e. The zero-order valence-corrected chi connectivity index (χ0v) is 9.09. The maximum atomic E-state index is 3.96. The summed E-state index contributed by atoms with van der Waals surface area (Å²) in [4.78, 5) is 15.4. The first-order valence-corrected chi connectivity index (χ1v) is 5.07. The Bertz CT molecular complexity index is 480. The summed E-state index contributed by atoms with van der Waals surface area (Å²) in [5.74, 6) is 0.644. The van der Waals surface area contributed by atoms with Crippen LogP contribution in [0.3, 0.4) is 0 Å². The Kier molecular flexibility index (Phi) is 3.94. The van der Waals surface area contributed by atoms with E-state index in [1.54, 1.807) is 12.4 Å². The van der Waals surface area contributed by atoms with E-state index in [0.29, 0.717) is 5.95 Å². The smallest absolute Gasteiger partial charge is 0.236 e. The molecule has 0 amide bonds. The minimum absolute atomic E-state index is 0.644. The van der Waals surface area contributed by atoms with Gasteiger partial charge in [0.15, 0.2) is 0 Å². The summed E-state index contributed by atoms with van der Waals surface area (Å²) in [7, 11) is 0. The van der Waals surface area contributed by atoms with E-state index in [1.807, 2.05) is 47.3 Å². The largest absolute Gasteiger partial charge is 0.293 e. The normalized spacial score (nSPS) is 9.18. The van der Waals surface area contributed by atoms with Gasteiger partial charge < -0.3 is 0 Å². The van der Waals surface area contributed by atoms with Crippen LogP contribution in [-0.4, -0.2) is 24.5 Å². The predicted octanol–water partition coefficient (Wildman–Crippen LogP) is 1.74. The van der Waals surface area contributed by atoms with Crippen LogP contribution >= 0.6 is 0 Å². The Labute approximate surface area is 98.8 Å². The van der Waals surface area contributed by atoms with Gasteiger partial charge in [0.05, 0.1) is 0 Å². The Morgan fingerprint density at radius 1 is 0.706 bits per heavy atom. The average Bonchev–Trinajstić information content (AvgIpc) is 2.96. The van der Waals surface area contributed by atoms with Gasteiger partial charge in [-0.15, -0.1) is 0 Å². The summed E-state index contributed by atoms with van der Waals surface area (Å²) >= 11 is 0. The molecule has 0 spiro atoms. The lowest BCUT2D eigenvalue weighted by Gasteiger charge is -1.96. The molecule has 0 saturated heterocycles. The SMILES string of the molecule is c1ccn(-c2ncncn2)c1.c1ccncc1. The second kappa shape index (κ2) is 6.12. The van der Waals surface area contributed by atoms with E-state index in [1.165, 1.54) is 12.7 Å². The van der Waals surface area contributed by atoms with Crippen molar-refractivity contribution in [2.24, 2.45) is 0 Å². The fourth-order valence-electron chi connectivity index (χ4n) is 1.15. The molecule has 0 aliphatic rings. The van der Waals surface area contributed by atoms with Crippen molar-refractivity contribution in [2.75, 3.05) is 0 Å². The summed E-state index contributed by atoms with van der Waals surface area (Å²) < 4.78 is 1.82. The van der Waals surface area contributed by atoms with Gasteiger partial charge in [-0.1, -0.05) is 6.07 Å². The summed E-state index contributed by atoms with van der Waals surface area (Å²) in [6.45, 7) is 0. The quantitative estimate of drug-likeness (QED) is 0.633. The Balaban J connectivity index is 0.000000153. The van der Waals surface area contributed by atoms with Crippen molar-refractivity contribution >= 4 is 0 Å². The van der Waals surface area contributed by atoms with Gasteiger partial charge in [0.25, 0.3) is 0 Å².